The van der Waals surface area contributed by atoms with E-state index in [0.717, 1.165) is 24.1 Å². The summed E-state index contributed by atoms with van der Waals surface area (Å²) in [4.78, 5) is 4.90. The normalized spacial score (nSPS) is 14.4. The van der Waals surface area contributed by atoms with Gasteiger partial charge in [0, 0.05) is 22.3 Å². The molecule has 3 nitrogen and oxygen atoms in total. The SMILES string of the molecule is Cc1cc(C)n(-c2c3c(nc4ccccc24)CCCC3)n1. The molecule has 0 aliphatic heterocycles. The number of aryl methyl sites for hydroxylation is 3. The summed E-state index contributed by atoms with van der Waals surface area (Å²) in [6, 6.07) is 10.6. The highest BCUT2D eigenvalue weighted by molar-refractivity contribution is 5.89. The van der Waals surface area contributed by atoms with E-state index in [9.17, 15) is 0 Å². The smallest absolute Gasteiger partial charge is 0.0792 e. The monoisotopic (exact) mass is 277 g/mol. The van der Waals surface area contributed by atoms with Crippen molar-refractivity contribution < 1.29 is 0 Å². The Bertz CT molecular complexity index is 830. The highest BCUT2D eigenvalue weighted by Gasteiger charge is 2.20. The minimum atomic E-state index is 1.07. The van der Waals surface area contributed by atoms with Crippen molar-refractivity contribution in [1.82, 2.24) is 14.8 Å². The lowest BCUT2D eigenvalue weighted by atomic mass is 9.92. The van der Waals surface area contributed by atoms with Crippen molar-refractivity contribution in [3.05, 3.63) is 53.0 Å². The second kappa shape index (κ2) is 4.69. The van der Waals surface area contributed by atoms with Gasteiger partial charge in [-0.25, -0.2) is 4.68 Å². The van der Waals surface area contributed by atoms with Crippen molar-refractivity contribution in [2.75, 3.05) is 0 Å². The molecule has 0 atom stereocenters. The van der Waals surface area contributed by atoms with Crippen molar-refractivity contribution >= 4 is 10.9 Å². The van der Waals surface area contributed by atoms with Gasteiger partial charge in [-0.05, 0) is 51.7 Å². The van der Waals surface area contributed by atoms with Crippen LogP contribution in [0.2, 0.25) is 0 Å². The lowest BCUT2D eigenvalue weighted by molar-refractivity contribution is 0.662. The summed E-state index contributed by atoms with van der Waals surface area (Å²) < 4.78 is 2.11. The second-order valence-electron chi connectivity index (χ2n) is 5.95. The number of hydrogen-bond donors (Lipinski definition) is 0. The molecule has 0 bridgehead atoms. The zero-order valence-corrected chi connectivity index (χ0v) is 12.6. The van der Waals surface area contributed by atoms with Gasteiger partial charge >= 0.3 is 0 Å². The molecule has 0 fully saturated rings. The van der Waals surface area contributed by atoms with Gasteiger partial charge in [0.15, 0.2) is 0 Å². The summed E-state index contributed by atoms with van der Waals surface area (Å²) in [5, 5.41) is 5.94. The fraction of sp³-hybridized carbons (Fsp3) is 0.333. The van der Waals surface area contributed by atoms with Crippen molar-refractivity contribution in [1.29, 1.82) is 0 Å². The molecule has 3 heteroatoms. The van der Waals surface area contributed by atoms with Gasteiger partial charge in [-0.3, -0.25) is 4.98 Å². The van der Waals surface area contributed by atoms with Gasteiger partial charge in [0.25, 0.3) is 0 Å². The first-order valence-electron chi connectivity index (χ1n) is 7.68. The van der Waals surface area contributed by atoms with E-state index in [4.69, 9.17) is 10.1 Å². The van der Waals surface area contributed by atoms with Crippen LogP contribution in [0.1, 0.15) is 35.5 Å². The summed E-state index contributed by atoms with van der Waals surface area (Å²) in [5.41, 5.74) is 7.25. The molecule has 2 aromatic heterocycles. The predicted octanol–water partition coefficient (Wildman–Crippen LogP) is 3.92. The lowest BCUT2D eigenvalue weighted by Crippen LogP contribution is -2.13. The molecule has 0 radical (unpaired) electrons. The van der Waals surface area contributed by atoms with E-state index in [1.165, 1.54) is 40.9 Å². The predicted molar refractivity (Wildman–Crippen MR) is 85.0 cm³/mol. The molecule has 0 saturated carbocycles. The van der Waals surface area contributed by atoms with Crippen molar-refractivity contribution in [3.8, 4) is 5.69 Å². The first-order chi connectivity index (χ1) is 10.2. The Balaban J connectivity index is 2.12. The van der Waals surface area contributed by atoms with Gasteiger partial charge in [-0.1, -0.05) is 18.2 Å². The average molecular weight is 277 g/mol. The summed E-state index contributed by atoms with van der Waals surface area (Å²) in [6.45, 7) is 4.18. The lowest BCUT2D eigenvalue weighted by Gasteiger charge is -2.21. The Morgan fingerprint density at radius 1 is 1.05 bits per heavy atom. The van der Waals surface area contributed by atoms with Crippen LogP contribution in [0.15, 0.2) is 30.3 Å². The van der Waals surface area contributed by atoms with Crippen LogP contribution in [0.3, 0.4) is 0 Å². The van der Waals surface area contributed by atoms with Crippen molar-refractivity contribution in [3.63, 3.8) is 0 Å². The van der Waals surface area contributed by atoms with Crippen LogP contribution >= 0.6 is 0 Å². The van der Waals surface area contributed by atoms with Crippen LogP contribution in [0.5, 0.6) is 0 Å². The largest absolute Gasteiger partial charge is 0.252 e. The Labute approximate surface area is 124 Å². The summed E-state index contributed by atoms with van der Waals surface area (Å²) in [7, 11) is 0. The van der Waals surface area contributed by atoms with Gasteiger partial charge in [0.2, 0.25) is 0 Å². The van der Waals surface area contributed by atoms with Crippen molar-refractivity contribution in [2.45, 2.75) is 39.5 Å². The molecule has 1 aromatic carbocycles. The Morgan fingerprint density at radius 3 is 2.67 bits per heavy atom. The van der Waals surface area contributed by atoms with E-state index in [2.05, 4.69) is 48.9 Å². The van der Waals surface area contributed by atoms with Crippen LogP contribution in [0, 0.1) is 13.8 Å². The molecular formula is C18H19N3. The quantitative estimate of drug-likeness (QED) is 0.675. The summed E-state index contributed by atoms with van der Waals surface area (Å²) >= 11 is 0. The number of rotatable bonds is 1. The fourth-order valence-corrected chi connectivity index (χ4v) is 3.44. The summed E-state index contributed by atoms with van der Waals surface area (Å²) in [5.74, 6) is 0. The Morgan fingerprint density at radius 2 is 1.86 bits per heavy atom. The standard InChI is InChI=1S/C18H19N3/c1-12-11-13(2)21(20-12)18-14-7-3-5-9-16(14)19-17-10-6-4-8-15(17)18/h3,5,7,9,11H,4,6,8,10H2,1-2H3. The highest BCUT2D eigenvalue weighted by atomic mass is 15.3. The third-order valence-corrected chi connectivity index (χ3v) is 4.36. The minimum Gasteiger partial charge on any atom is -0.252 e. The first kappa shape index (κ1) is 12.6. The van der Waals surface area contributed by atoms with Crippen LogP contribution in [-0.4, -0.2) is 14.8 Å². The van der Waals surface area contributed by atoms with E-state index < -0.39 is 0 Å². The van der Waals surface area contributed by atoms with Gasteiger partial charge in [-0.15, -0.1) is 0 Å². The molecule has 21 heavy (non-hydrogen) atoms. The van der Waals surface area contributed by atoms with Gasteiger partial charge in [0.1, 0.15) is 0 Å². The highest BCUT2D eigenvalue weighted by Crippen LogP contribution is 2.32. The van der Waals surface area contributed by atoms with Gasteiger partial charge in [-0.2, -0.15) is 5.10 Å². The van der Waals surface area contributed by atoms with Crippen molar-refractivity contribution in [2.24, 2.45) is 0 Å². The molecule has 3 aromatic rings. The molecule has 4 rings (SSSR count). The third kappa shape index (κ3) is 1.96. The number of fused-ring (bicyclic) bond motifs is 2. The second-order valence-corrected chi connectivity index (χ2v) is 5.95. The topological polar surface area (TPSA) is 30.7 Å². The zero-order chi connectivity index (χ0) is 14.4. The number of nitrogens with zero attached hydrogens (tertiary/aromatic N) is 3. The molecule has 0 N–H and O–H groups in total. The molecule has 1 aliphatic carbocycles. The third-order valence-electron chi connectivity index (χ3n) is 4.36. The maximum Gasteiger partial charge on any atom is 0.0792 e. The molecular weight excluding hydrogens is 258 g/mol. The van der Waals surface area contributed by atoms with E-state index >= 15 is 0 Å². The molecule has 0 unspecified atom stereocenters. The molecule has 0 spiro atoms. The zero-order valence-electron chi connectivity index (χ0n) is 12.6. The van der Waals surface area contributed by atoms with E-state index in [1.54, 1.807) is 0 Å². The molecule has 106 valence electrons. The van der Waals surface area contributed by atoms with Gasteiger partial charge < -0.3 is 0 Å². The number of para-hydroxylation sites is 1. The van der Waals surface area contributed by atoms with E-state index in [-0.39, 0.29) is 0 Å². The number of aromatic nitrogens is 3. The van der Waals surface area contributed by atoms with Crippen LogP contribution in [-0.2, 0) is 12.8 Å². The van der Waals surface area contributed by atoms with Crippen LogP contribution in [0.25, 0.3) is 16.6 Å². The Kier molecular flexibility index (Phi) is 2.81. The maximum absolute atomic E-state index is 4.90. The van der Waals surface area contributed by atoms with E-state index in [1.807, 2.05) is 0 Å². The fourth-order valence-electron chi connectivity index (χ4n) is 3.44. The number of hydrogen-bond acceptors (Lipinski definition) is 2. The Hall–Kier alpha value is -2.16. The maximum atomic E-state index is 4.90. The first-order valence-corrected chi connectivity index (χ1v) is 7.68. The molecule has 0 amide bonds. The van der Waals surface area contributed by atoms with Gasteiger partial charge in [0.05, 0.1) is 16.9 Å². The van der Waals surface area contributed by atoms with Crippen LogP contribution < -0.4 is 0 Å². The molecule has 1 aliphatic rings. The molecule has 0 saturated heterocycles. The number of pyridine rings is 1. The minimum absolute atomic E-state index is 1.07. The van der Waals surface area contributed by atoms with E-state index in [0.29, 0.717) is 0 Å². The molecule has 2 heterocycles. The number of benzene rings is 1. The summed E-state index contributed by atoms with van der Waals surface area (Å²) in [6.07, 6.45) is 4.70. The average Bonchev–Trinajstić information content (AvgIpc) is 2.83. The van der Waals surface area contributed by atoms with Crippen LogP contribution in [0.4, 0.5) is 0 Å².